The molecule has 0 saturated heterocycles. The van der Waals surface area contributed by atoms with Crippen LogP contribution >= 0.6 is 39.0 Å². The van der Waals surface area contributed by atoms with Gasteiger partial charge in [0.1, 0.15) is 0 Å². The standard InChI is InChI=1S/C8H9BrO2S2/c1-11-8(10)5-12-4-6-2-3-7(9)13-6/h2-3H,4-5H2,1H3. The lowest BCUT2D eigenvalue weighted by Gasteiger charge is -1.97. The van der Waals surface area contributed by atoms with Crippen LogP contribution in [-0.2, 0) is 15.3 Å². The van der Waals surface area contributed by atoms with Crippen LogP contribution in [0, 0.1) is 0 Å². The molecule has 0 aliphatic heterocycles. The van der Waals surface area contributed by atoms with Gasteiger partial charge in [-0.3, -0.25) is 4.79 Å². The van der Waals surface area contributed by atoms with Gasteiger partial charge in [0, 0.05) is 10.6 Å². The summed E-state index contributed by atoms with van der Waals surface area (Å²) in [5, 5.41) is 0. The minimum atomic E-state index is -0.166. The maximum Gasteiger partial charge on any atom is 0.315 e. The summed E-state index contributed by atoms with van der Waals surface area (Å²) >= 11 is 6.64. The first kappa shape index (κ1) is 11.1. The van der Waals surface area contributed by atoms with Crippen LogP contribution in [0.3, 0.4) is 0 Å². The Kier molecular flexibility index (Phi) is 4.83. The van der Waals surface area contributed by atoms with Crippen LogP contribution in [0.4, 0.5) is 0 Å². The molecule has 0 radical (unpaired) electrons. The largest absolute Gasteiger partial charge is 0.468 e. The molecule has 1 rings (SSSR count). The van der Waals surface area contributed by atoms with Crippen molar-refractivity contribution in [3.63, 3.8) is 0 Å². The molecule has 0 spiro atoms. The molecule has 72 valence electrons. The number of ether oxygens (including phenoxy) is 1. The summed E-state index contributed by atoms with van der Waals surface area (Å²) in [4.78, 5) is 12.0. The number of esters is 1. The zero-order valence-electron chi connectivity index (χ0n) is 7.08. The van der Waals surface area contributed by atoms with E-state index in [0.717, 1.165) is 9.54 Å². The van der Waals surface area contributed by atoms with Gasteiger partial charge in [-0.2, -0.15) is 0 Å². The fourth-order valence-electron chi connectivity index (χ4n) is 0.723. The van der Waals surface area contributed by atoms with Crippen LogP contribution in [0.1, 0.15) is 4.88 Å². The average Bonchev–Trinajstić information content (AvgIpc) is 2.51. The van der Waals surface area contributed by atoms with Crippen molar-refractivity contribution in [1.29, 1.82) is 0 Å². The number of carbonyl (C=O) groups excluding carboxylic acids is 1. The van der Waals surface area contributed by atoms with Gasteiger partial charge in [0.15, 0.2) is 0 Å². The van der Waals surface area contributed by atoms with E-state index in [4.69, 9.17) is 0 Å². The zero-order valence-corrected chi connectivity index (χ0v) is 10.3. The van der Waals surface area contributed by atoms with Crippen molar-refractivity contribution in [1.82, 2.24) is 0 Å². The number of thioether (sulfide) groups is 1. The van der Waals surface area contributed by atoms with Crippen LogP contribution in [0.15, 0.2) is 15.9 Å². The molecule has 0 N–H and O–H groups in total. The Balaban J connectivity index is 2.24. The highest BCUT2D eigenvalue weighted by atomic mass is 79.9. The second-order valence-electron chi connectivity index (χ2n) is 2.27. The van der Waals surface area contributed by atoms with Gasteiger partial charge in [0.25, 0.3) is 0 Å². The van der Waals surface area contributed by atoms with E-state index in [-0.39, 0.29) is 5.97 Å². The molecule has 0 aromatic carbocycles. The summed E-state index contributed by atoms with van der Waals surface area (Å²) in [6.07, 6.45) is 0. The molecule has 1 aromatic heterocycles. The predicted molar refractivity (Wildman–Crippen MR) is 60.2 cm³/mol. The number of thiophene rings is 1. The van der Waals surface area contributed by atoms with Crippen molar-refractivity contribution >= 4 is 45.0 Å². The summed E-state index contributed by atoms with van der Waals surface area (Å²) in [6.45, 7) is 0. The Morgan fingerprint density at radius 2 is 2.46 bits per heavy atom. The van der Waals surface area contributed by atoms with Gasteiger partial charge in [-0.1, -0.05) is 0 Å². The zero-order chi connectivity index (χ0) is 9.68. The van der Waals surface area contributed by atoms with E-state index < -0.39 is 0 Å². The highest BCUT2D eigenvalue weighted by Crippen LogP contribution is 2.25. The molecule has 0 bridgehead atoms. The van der Waals surface area contributed by atoms with Crippen molar-refractivity contribution in [2.45, 2.75) is 5.75 Å². The summed E-state index contributed by atoms with van der Waals surface area (Å²) in [5.74, 6) is 1.12. The van der Waals surface area contributed by atoms with E-state index in [1.807, 2.05) is 6.07 Å². The quantitative estimate of drug-likeness (QED) is 0.794. The van der Waals surface area contributed by atoms with Crippen molar-refractivity contribution in [2.24, 2.45) is 0 Å². The molecular formula is C8H9BrO2S2. The fourth-order valence-corrected chi connectivity index (χ4v) is 3.17. The van der Waals surface area contributed by atoms with Gasteiger partial charge < -0.3 is 4.74 Å². The van der Waals surface area contributed by atoms with Crippen molar-refractivity contribution in [3.8, 4) is 0 Å². The van der Waals surface area contributed by atoms with Gasteiger partial charge in [0.05, 0.1) is 16.6 Å². The van der Waals surface area contributed by atoms with Crippen LogP contribution < -0.4 is 0 Å². The predicted octanol–water partition coefficient (Wildman–Crippen LogP) is 2.92. The minimum absolute atomic E-state index is 0.166. The molecule has 0 saturated carbocycles. The molecule has 0 fully saturated rings. The molecule has 0 amide bonds. The lowest BCUT2D eigenvalue weighted by molar-refractivity contribution is -0.137. The number of hydrogen-bond donors (Lipinski definition) is 0. The first-order valence-electron chi connectivity index (χ1n) is 3.61. The maximum absolute atomic E-state index is 10.8. The summed E-state index contributed by atoms with van der Waals surface area (Å²) in [5.41, 5.74) is 0. The SMILES string of the molecule is COC(=O)CSCc1ccc(Br)s1. The fraction of sp³-hybridized carbons (Fsp3) is 0.375. The van der Waals surface area contributed by atoms with Crippen LogP contribution in [0.25, 0.3) is 0 Å². The second kappa shape index (κ2) is 5.67. The third-order valence-corrected chi connectivity index (χ3v) is 4.08. The van der Waals surface area contributed by atoms with Gasteiger partial charge in [-0.15, -0.1) is 23.1 Å². The van der Waals surface area contributed by atoms with Crippen molar-refractivity contribution in [2.75, 3.05) is 12.9 Å². The number of halogens is 1. The summed E-state index contributed by atoms with van der Waals surface area (Å²) < 4.78 is 5.65. The number of carbonyl (C=O) groups is 1. The number of methoxy groups -OCH3 is 1. The Labute approximate surface area is 93.8 Å². The van der Waals surface area contributed by atoms with Crippen molar-refractivity contribution in [3.05, 3.63) is 20.8 Å². The van der Waals surface area contributed by atoms with E-state index >= 15 is 0 Å². The van der Waals surface area contributed by atoms with Gasteiger partial charge >= 0.3 is 5.97 Å². The van der Waals surface area contributed by atoms with Crippen molar-refractivity contribution < 1.29 is 9.53 Å². The Bertz CT molecular complexity index is 285. The lowest BCUT2D eigenvalue weighted by atomic mass is 10.5. The number of hydrogen-bond acceptors (Lipinski definition) is 4. The first-order valence-corrected chi connectivity index (χ1v) is 6.37. The smallest absolute Gasteiger partial charge is 0.315 e. The van der Waals surface area contributed by atoms with E-state index in [0.29, 0.717) is 5.75 Å². The third kappa shape index (κ3) is 4.15. The molecule has 1 heterocycles. The van der Waals surface area contributed by atoms with E-state index in [2.05, 4.69) is 26.7 Å². The van der Waals surface area contributed by atoms with Crippen LogP contribution in [-0.4, -0.2) is 18.8 Å². The molecule has 0 atom stereocenters. The first-order chi connectivity index (χ1) is 6.22. The molecule has 1 aromatic rings. The van der Waals surface area contributed by atoms with Crippen LogP contribution in [0.2, 0.25) is 0 Å². The van der Waals surface area contributed by atoms with E-state index in [1.54, 1.807) is 23.1 Å². The monoisotopic (exact) mass is 280 g/mol. The van der Waals surface area contributed by atoms with Gasteiger partial charge in [-0.05, 0) is 28.1 Å². The Hall–Kier alpha value is -0.0000000000000000833. The second-order valence-corrected chi connectivity index (χ2v) is 5.81. The van der Waals surface area contributed by atoms with Gasteiger partial charge in [0.2, 0.25) is 0 Å². The molecule has 0 unspecified atom stereocenters. The molecule has 2 nitrogen and oxygen atoms in total. The van der Waals surface area contributed by atoms with E-state index in [9.17, 15) is 4.79 Å². The minimum Gasteiger partial charge on any atom is -0.468 e. The lowest BCUT2D eigenvalue weighted by Crippen LogP contribution is -2.02. The van der Waals surface area contributed by atoms with Gasteiger partial charge in [-0.25, -0.2) is 0 Å². The maximum atomic E-state index is 10.8. The van der Waals surface area contributed by atoms with E-state index in [1.165, 1.54) is 12.0 Å². The summed E-state index contributed by atoms with van der Waals surface area (Å²) in [6, 6.07) is 4.07. The highest BCUT2D eigenvalue weighted by molar-refractivity contribution is 9.11. The molecule has 0 aliphatic carbocycles. The molecular weight excluding hydrogens is 272 g/mol. The third-order valence-electron chi connectivity index (χ3n) is 1.32. The topological polar surface area (TPSA) is 26.3 Å². The van der Waals surface area contributed by atoms with Crippen LogP contribution in [0.5, 0.6) is 0 Å². The summed E-state index contributed by atoms with van der Waals surface area (Å²) in [7, 11) is 1.41. The molecule has 5 heteroatoms. The molecule has 13 heavy (non-hydrogen) atoms. The highest BCUT2D eigenvalue weighted by Gasteiger charge is 2.02. The Morgan fingerprint density at radius 1 is 1.69 bits per heavy atom. The average molecular weight is 281 g/mol. The number of rotatable bonds is 4. The molecule has 0 aliphatic rings. The normalized spacial score (nSPS) is 10.0. The Morgan fingerprint density at radius 3 is 3.00 bits per heavy atom.